The van der Waals surface area contributed by atoms with Gasteiger partial charge in [-0.15, -0.1) is 0 Å². The van der Waals surface area contributed by atoms with Crippen molar-refractivity contribution in [3.05, 3.63) is 29.8 Å². The summed E-state index contributed by atoms with van der Waals surface area (Å²) in [5.41, 5.74) is 2.07. The Labute approximate surface area is 96.7 Å². The number of aldehydes is 1. The first kappa shape index (κ1) is 12.7. The average molecular weight is 221 g/mol. The summed E-state index contributed by atoms with van der Waals surface area (Å²) >= 11 is 0. The minimum absolute atomic E-state index is 0.0866. The van der Waals surface area contributed by atoms with Gasteiger partial charge in [0.15, 0.2) is 0 Å². The molecule has 0 amide bonds. The normalized spacial score (nSPS) is 10.1. The zero-order valence-electron chi connectivity index (χ0n) is 9.72. The quantitative estimate of drug-likeness (QED) is 0.565. The van der Waals surface area contributed by atoms with Crippen LogP contribution < -0.4 is 4.90 Å². The van der Waals surface area contributed by atoms with Crippen molar-refractivity contribution >= 4 is 12.0 Å². The zero-order valence-corrected chi connectivity index (χ0v) is 9.72. The van der Waals surface area contributed by atoms with Crippen molar-refractivity contribution in [2.45, 2.75) is 25.9 Å². The molecule has 0 aliphatic rings. The Balaban J connectivity index is 2.39. The Hall–Kier alpha value is -1.35. The lowest BCUT2D eigenvalue weighted by molar-refractivity contribution is -0.107. The monoisotopic (exact) mass is 221 g/mol. The third-order valence-electron chi connectivity index (χ3n) is 2.63. The van der Waals surface area contributed by atoms with Gasteiger partial charge in [0.1, 0.15) is 6.29 Å². The molecular weight excluding hydrogens is 202 g/mol. The van der Waals surface area contributed by atoms with Crippen molar-refractivity contribution in [1.82, 2.24) is 0 Å². The van der Waals surface area contributed by atoms with Gasteiger partial charge >= 0.3 is 0 Å². The molecule has 1 aromatic rings. The fraction of sp³-hybridized carbons (Fsp3) is 0.462. The minimum Gasteiger partial charge on any atom is -0.392 e. The molecule has 0 unspecified atom stereocenters. The van der Waals surface area contributed by atoms with Gasteiger partial charge in [0.25, 0.3) is 0 Å². The van der Waals surface area contributed by atoms with E-state index >= 15 is 0 Å². The molecule has 3 nitrogen and oxygen atoms in total. The van der Waals surface area contributed by atoms with E-state index in [2.05, 4.69) is 4.90 Å². The number of aliphatic hydroxyl groups is 1. The van der Waals surface area contributed by atoms with Crippen LogP contribution in [0.1, 0.15) is 24.8 Å². The summed E-state index contributed by atoms with van der Waals surface area (Å²) in [7, 11) is 2.04. The Kier molecular flexibility index (Phi) is 5.57. The lowest BCUT2D eigenvalue weighted by atomic mass is 10.2. The van der Waals surface area contributed by atoms with E-state index in [1.54, 1.807) is 0 Å². The van der Waals surface area contributed by atoms with E-state index in [-0.39, 0.29) is 6.61 Å². The molecule has 0 fully saturated rings. The number of unbranched alkanes of at least 4 members (excludes halogenated alkanes) is 2. The van der Waals surface area contributed by atoms with Gasteiger partial charge in [-0.25, -0.2) is 0 Å². The third-order valence-corrected chi connectivity index (χ3v) is 2.63. The van der Waals surface area contributed by atoms with Crippen molar-refractivity contribution in [2.24, 2.45) is 0 Å². The third kappa shape index (κ3) is 4.03. The van der Waals surface area contributed by atoms with E-state index in [0.29, 0.717) is 6.42 Å². The van der Waals surface area contributed by atoms with Crippen molar-refractivity contribution in [1.29, 1.82) is 0 Å². The van der Waals surface area contributed by atoms with Crippen molar-refractivity contribution in [3.8, 4) is 0 Å². The second-order valence-electron chi connectivity index (χ2n) is 3.91. The lowest BCUT2D eigenvalue weighted by Gasteiger charge is -2.19. The number of benzene rings is 1. The predicted molar refractivity (Wildman–Crippen MR) is 65.5 cm³/mol. The van der Waals surface area contributed by atoms with Gasteiger partial charge in [0.05, 0.1) is 6.61 Å². The standard InChI is InChI=1S/C13H19NO2/c1-14(9-3-2-4-10-15)13-7-5-12(11-16)6-8-13/h5-8,10,16H,2-4,9,11H2,1H3. The number of hydrogen-bond acceptors (Lipinski definition) is 3. The summed E-state index contributed by atoms with van der Waals surface area (Å²) in [6.07, 6.45) is 3.59. The fourth-order valence-corrected chi connectivity index (χ4v) is 1.56. The Morgan fingerprint density at radius 3 is 2.50 bits per heavy atom. The van der Waals surface area contributed by atoms with E-state index in [9.17, 15) is 4.79 Å². The summed E-state index contributed by atoms with van der Waals surface area (Å²) in [6, 6.07) is 7.87. The predicted octanol–water partition coefficient (Wildman–Crippen LogP) is 1.98. The maximum atomic E-state index is 10.2. The molecule has 16 heavy (non-hydrogen) atoms. The molecule has 0 radical (unpaired) electrons. The van der Waals surface area contributed by atoms with Crippen LogP contribution in [-0.2, 0) is 11.4 Å². The largest absolute Gasteiger partial charge is 0.392 e. The molecule has 0 spiro atoms. The summed E-state index contributed by atoms with van der Waals surface area (Å²) in [4.78, 5) is 12.3. The molecular formula is C13H19NO2. The van der Waals surface area contributed by atoms with Crippen LogP contribution in [0.2, 0.25) is 0 Å². The minimum atomic E-state index is 0.0866. The number of rotatable bonds is 7. The Morgan fingerprint density at radius 1 is 1.25 bits per heavy atom. The molecule has 0 aromatic heterocycles. The molecule has 0 bridgehead atoms. The van der Waals surface area contributed by atoms with E-state index in [0.717, 1.165) is 36.9 Å². The molecule has 3 heteroatoms. The highest BCUT2D eigenvalue weighted by molar-refractivity contribution is 5.49. The summed E-state index contributed by atoms with van der Waals surface area (Å²) in [5, 5.41) is 8.92. The first-order valence-corrected chi connectivity index (χ1v) is 5.62. The highest BCUT2D eigenvalue weighted by atomic mass is 16.3. The molecule has 0 aliphatic heterocycles. The molecule has 0 saturated carbocycles. The van der Waals surface area contributed by atoms with Crippen LogP contribution in [0.3, 0.4) is 0 Å². The number of anilines is 1. The van der Waals surface area contributed by atoms with Crippen LogP contribution in [0.25, 0.3) is 0 Å². The van der Waals surface area contributed by atoms with Gasteiger partial charge in [0, 0.05) is 25.7 Å². The smallest absolute Gasteiger partial charge is 0.119 e. The van der Waals surface area contributed by atoms with Gasteiger partial charge in [-0.3, -0.25) is 0 Å². The second kappa shape index (κ2) is 7.01. The number of carbonyl (C=O) groups is 1. The fourth-order valence-electron chi connectivity index (χ4n) is 1.56. The first-order chi connectivity index (χ1) is 7.77. The van der Waals surface area contributed by atoms with Gasteiger partial charge in [0.2, 0.25) is 0 Å². The van der Waals surface area contributed by atoms with Gasteiger partial charge in [-0.1, -0.05) is 12.1 Å². The molecule has 0 heterocycles. The molecule has 1 N–H and O–H groups in total. The second-order valence-corrected chi connectivity index (χ2v) is 3.91. The van der Waals surface area contributed by atoms with Crippen LogP contribution in [0.15, 0.2) is 24.3 Å². The Morgan fingerprint density at radius 2 is 1.94 bits per heavy atom. The van der Waals surface area contributed by atoms with E-state index in [1.807, 2.05) is 31.3 Å². The highest BCUT2D eigenvalue weighted by Crippen LogP contribution is 2.14. The zero-order chi connectivity index (χ0) is 11.8. The molecule has 0 saturated heterocycles. The maximum absolute atomic E-state index is 10.2. The topological polar surface area (TPSA) is 40.5 Å². The van der Waals surface area contributed by atoms with E-state index in [4.69, 9.17) is 5.11 Å². The van der Waals surface area contributed by atoms with Crippen molar-refractivity contribution in [3.63, 3.8) is 0 Å². The van der Waals surface area contributed by atoms with Crippen LogP contribution >= 0.6 is 0 Å². The lowest BCUT2D eigenvalue weighted by Crippen LogP contribution is -2.18. The number of carbonyl (C=O) groups excluding carboxylic acids is 1. The average Bonchev–Trinajstić information content (AvgIpc) is 2.34. The number of aliphatic hydroxyl groups excluding tert-OH is 1. The first-order valence-electron chi connectivity index (χ1n) is 5.62. The van der Waals surface area contributed by atoms with Gasteiger partial charge < -0.3 is 14.8 Å². The molecule has 1 rings (SSSR count). The van der Waals surface area contributed by atoms with E-state index < -0.39 is 0 Å². The van der Waals surface area contributed by atoms with Crippen LogP contribution in [0.4, 0.5) is 5.69 Å². The molecule has 0 aliphatic carbocycles. The molecule has 88 valence electrons. The van der Waals surface area contributed by atoms with E-state index in [1.165, 1.54) is 0 Å². The maximum Gasteiger partial charge on any atom is 0.119 e. The molecule has 1 aromatic carbocycles. The van der Waals surface area contributed by atoms with Crippen molar-refractivity contribution in [2.75, 3.05) is 18.5 Å². The summed E-state index contributed by atoms with van der Waals surface area (Å²) in [5.74, 6) is 0. The van der Waals surface area contributed by atoms with Crippen LogP contribution in [-0.4, -0.2) is 25.0 Å². The van der Waals surface area contributed by atoms with Gasteiger partial charge in [-0.2, -0.15) is 0 Å². The number of nitrogens with zero attached hydrogens (tertiary/aromatic N) is 1. The number of hydrogen-bond donors (Lipinski definition) is 1. The summed E-state index contributed by atoms with van der Waals surface area (Å²) in [6.45, 7) is 1.04. The summed E-state index contributed by atoms with van der Waals surface area (Å²) < 4.78 is 0. The van der Waals surface area contributed by atoms with Crippen molar-refractivity contribution < 1.29 is 9.90 Å². The Bertz CT molecular complexity index is 308. The van der Waals surface area contributed by atoms with Crippen LogP contribution in [0, 0.1) is 0 Å². The van der Waals surface area contributed by atoms with Gasteiger partial charge in [-0.05, 0) is 30.5 Å². The molecule has 0 atom stereocenters. The highest BCUT2D eigenvalue weighted by Gasteiger charge is 2.00. The SMILES string of the molecule is CN(CCCCC=O)c1ccc(CO)cc1. The van der Waals surface area contributed by atoms with Crippen LogP contribution in [0.5, 0.6) is 0 Å².